The third-order valence-corrected chi connectivity index (χ3v) is 5.27. The van der Waals surface area contributed by atoms with Crippen molar-refractivity contribution < 1.29 is 5.11 Å². The molecule has 0 aromatic rings. The van der Waals surface area contributed by atoms with E-state index in [0.717, 1.165) is 31.2 Å². The molecule has 2 aliphatic heterocycles. The number of rotatable bonds is 3. The van der Waals surface area contributed by atoms with E-state index in [9.17, 15) is 5.11 Å². The zero-order valence-electron chi connectivity index (χ0n) is 11.0. The van der Waals surface area contributed by atoms with E-state index in [1.807, 2.05) is 0 Å². The van der Waals surface area contributed by atoms with E-state index in [1.54, 1.807) is 0 Å². The van der Waals surface area contributed by atoms with Crippen LogP contribution in [0.15, 0.2) is 0 Å². The Kier molecular flexibility index (Phi) is 3.18. The topological polar surface area (TPSA) is 35.5 Å². The number of likely N-dealkylation sites (tertiary alicyclic amines) is 1. The maximum atomic E-state index is 10.6. The van der Waals surface area contributed by atoms with Crippen molar-refractivity contribution in [2.75, 3.05) is 26.2 Å². The quantitative estimate of drug-likeness (QED) is 0.776. The van der Waals surface area contributed by atoms with Crippen LogP contribution < -0.4 is 5.32 Å². The minimum absolute atomic E-state index is 0.362. The summed E-state index contributed by atoms with van der Waals surface area (Å²) in [4.78, 5) is 2.60. The molecule has 2 heterocycles. The number of fused-ring (bicyclic) bond motifs is 1. The maximum Gasteiger partial charge on any atom is 0.0774 e. The highest BCUT2D eigenvalue weighted by Crippen LogP contribution is 2.38. The monoisotopic (exact) mass is 238 g/mol. The second kappa shape index (κ2) is 4.52. The predicted octanol–water partition coefficient (Wildman–Crippen LogP) is 1.22. The molecule has 3 heteroatoms. The smallest absolute Gasteiger partial charge is 0.0774 e. The van der Waals surface area contributed by atoms with Gasteiger partial charge in [0.25, 0.3) is 0 Å². The van der Waals surface area contributed by atoms with E-state index in [-0.39, 0.29) is 5.60 Å². The lowest BCUT2D eigenvalue weighted by Gasteiger charge is -2.33. The Bertz CT molecular complexity index is 275. The fraction of sp³-hybridized carbons (Fsp3) is 1.00. The molecule has 2 saturated heterocycles. The Balaban J connectivity index is 1.67. The van der Waals surface area contributed by atoms with Crippen molar-refractivity contribution in [1.82, 2.24) is 10.2 Å². The van der Waals surface area contributed by atoms with Crippen molar-refractivity contribution >= 4 is 0 Å². The molecule has 2 N–H and O–H groups in total. The van der Waals surface area contributed by atoms with Crippen LogP contribution in [0, 0.1) is 11.8 Å². The summed E-state index contributed by atoms with van der Waals surface area (Å²) < 4.78 is 0. The van der Waals surface area contributed by atoms with Crippen LogP contribution in [0.1, 0.15) is 39.0 Å². The lowest BCUT2D eigenvalue weighted by Crippen LogP contribution is -2.45. The molecule has 0 aromatic heterocycles. The highest BCUT2D eigenvalue weighted by Gasteiger charge is 2.45. The second-order valence-electron chi connectivity index (χ2n) is 6.42. The third kappa shape index (κ3) is 2.13. The Morgan fingerprint density at radius 1 is 1.29 bits per heavy atom. The van der Waals surface area contributed by atoms with Gasteiger partial charge >= 0.3 is 0 Å². The fourth-order valence-electron chi connectivity index (χ4n) is 4.42. The van der Waals surface area contributed by atoms with Gasteiger partial charge in [0, 0.05) is 19.1 Å². The van der Waals surface area contributed by atoms with Crippen LogP contribution >= 0.6 is 0 Å². The normalized spacial score (nSPS) is 40.9. The largest absolute Gasteiger partial charge is 0.389 e. The number of β-amino-alcohol motifs (C(OH)–C–C–N with tert-alkyl or cyclic N) is 1. The lowest BCUT2D eigenvalue weighted by atomic mass is 9.92. The molecule has 0 bridgehead atoms. The molecule has 17 heavy (non-hydrogen) atoms. The van der Waals surface area contributed by atoms with Gasteiger partial charge in [0.1, 0.15) is 0 Å². The summed E-state index contributed by atoms with van der Waals surface area (Å²) >= 11 is 0. The van der Waals surface area contributed by atoms with Crippen molar-refractivity contribution in [2.24, 2.45) is 11.8 Å². The fourth-order valence-corrected chi connectivity index (χ4v) is 4.42. The molecule has 98 valence electrons. The Hall–Kier alpha value is -0.120. The van der Waals surface area contributed by atoms with Crippen LogP contribution in [0.4, 0.5) is 0 Å². The lowest BCUT2D eigenvalue weighted by molar-refractivity contribution is 0.00218. The maximum absolute atomic E-state index is 10.6. The van der Waals surface area contributed by atoms with Gasteiger partial charge in [0.15, 0.2) is 0 Å². The minimum Gasteiger partial charge on any atom is -0.389 e. The molecule has 1 aliphatic carbocycles. The standard InChI is InChI=1S/C14H26N2O/c1-2-13-12-8-15-7-11(12)9-16(13)10-14(17)5-3-4-6-14/h11-13,15,17H,2-10H2,1H3. The van der Waals surface area contributed by atoms with Crippen LogP contribution in [0.2, 0.25) is 0 Å². The average molecular weight is 238 g/mol. The van der Waals surface area contributed by atoms with Gasteiger partial charge in [-0.25, -0.2) is 0 Å². The number of nitrogens with one attached hydrogen (secondary N) is 1. The Morgan fingerprint density at radius 2 is 2.06 bits per heavy atom. The first-order valence-electron chi connectivity index (χ1n) is 7.39. The van der Waals surface area contributed by atoms with Gasteiger partial charge < -0.3 is 10.4 Å². The summed E-state index contributed by atoms with van der Waals surface area (Å²) in [5, 5.41) is 14.1. The van der Waals surface area contributed by atoms with E-state index in [4.69, 9.17) is 0 Å². The third-order valence-electron chi connectivity index (χ3n) is 5.27. The first kappa shape index (κ1) is 11.9. The molecule has 0 aromatic carbocycles. The van der Waals surface area contributed by atoms with Crippen LogP contribution in [0.5, 0.6) is 0 Å². The molecular formula is C14H26N2O. The first-order chi connectivity index (χ1) is 8.22. The summed E-state index contributed by atoms with van der Waals surface area (Å²) in [5.41, 5.74) is -0.362. The molecule has 1 saturated carbocycles. The molecule has 0 spiro atoms. The average Bonchev–Trinajstić information content (AvgIpc) is 2.94. The second-order valence-corrected chi connectivity index (χ2v) is 6.42. The number of nitrogens with zero attached hydrogens (tertiary/aromatic N) is 1. The van der Waals surface area contributed by atoms with Gasteiger partial charge in [0.2, 0.25) is 0 Å². The molecular weight excluding hydrogens is 212 g/mol. The molecule has 0 amide bonds. The molecule has 3 atom stereocenters. The summed E-state index contributed by atoms with van der Waals surface area (Å²) in [6.07, 6.45) is 5.71. The van der Waals surface area contributed by atoms with Gasteiger partial charge in [-0.3, -0.25) is 4.90 Å². The number of hydrogen-bond donors (Lipinski definition) is 2. The Morgan fingerprint density at radius 3 is 2.76 bits per heavy atom. The van der Waals surface area contributed by atoms with Gasteiger partial charge in [-0.15, -0.1) is 0 Å². The van der Waals surface area contributed by atoms with Crippen LogP contribution in [-0.2, 0) is 0 Å². The molecule has 3 rings (SSSR count). The SMILES string of the molecule is CCC1C2CNCC2CN1CC1(O)CCCC1. The summed E-state index contributed by atoms with van der Waals surface area (Å²) in [5.74, 6) is 1.68. The molecule has 3 unspecified atom stereocenters. The number of hydrogen-bond acceptors (Lipinski definition) is 3. The molecule has 0 radical (unpaired) electrons. The van der Waals surface area contributed by atoms with Gasteiger partial charge in [-0.2, -0.15) is 0 Å². The van der Waals surface area contributed by atoms with Gasteiger partial charge in [-0.05, 0) is 44.2 Å². The van der Waals surface area contributed by atoms with E-state index >= 15 is 0 Å². The van der Waals surface area contributed by atoms with Crippen LogP contribution in [-0.4, -0.2) is 47.8 Å². The van der Waals surface area contributed by atoms with Crippen molar-refractivity contribution in [1.29, 1.82) is 0 Å². The highest BCUT2D eigenvalue weighted by molar-refractivity contribution is 5.00. The van der Waals surface area contributed by atoms with Crippen molar-refractivity contribution in [3.05, 3.63) is 0 Å². The van der Waals surface area contributed by atoms with Crippen molar-refractivity contribution in [3.8, 4) is 0 Å². The van der Waals surface area contributed by atoms with Crippen molar-refractivity contribution in [2.45, 2.75) is 50.7 Å². The van der Waals surface area contributed by atoms with Crippen LogP contribution in [0.25, 0.3) is 0 Å². The molecule has 3 nitrogen and oxygen atoms in total. The molecule has 3 aliphatic rings. The van der Waals surface area contributed by atoms with E-state index in [2.05, 4.69) is 17.1 Å². The van der Waals surface area contributed by atoms with E-state index in [1.165, 1.54) is 38.9 Å². The summed E-state index contributed by atoms with van der Waals surface area (Å²) in [6.45, 7) is 6.82. The summed E-state index contributed by atoms with van der Waals surface area (Å²) in [7, 11) is 0. The molecule has 3 fully saturated rings. The van der Waals surface area contributed by atoms with Gasteiger partial charge in [-0.1, -0.05) is 19.8 Å². The number of aliphatic hydroxyl groups is 1. The zero-order valence-corrected chi connectivity index (χ0v) is 11.0. The van der Waals surface area contributed by atoms with Crippen molar-refractivity contribution in [3.63, 3.8) is 0 Å². The first-order valence-corrected chi connectivity index (χ1v) is 7.39. The van der Waals surface area contributed by atoms with Crippen LogP contribution in [0.3, 0.4) is 0 Å². The highest BCUT2D eigenvalue weighted by atomic mass is 16.3. The van der Waals surface area contributed by atoms with Gasteiger partial charge in [0.05, 0.1) is 5.60 Å². The van der Waals surface area contributed by atoms with E-state index in [0.29, 0.717) is 6.04 Å². The minimum atomic E-state index is -0.362. The summed E-state index contributed by atoms with van der Waals surface area (Å²) in [6, 6.07) is 0.708. The predicted molar refractivity (Wildman–Crippen MR) is 68.9 cm³/mol. The zero-order chi connectivity index (χ0) is 11.9. The Labute approximate surface area is 105 Å². The van der Waals surface area contributed by atoms with E-state index < -0.39 is 0 Å².